The van der Waals surface area contributed by atoms with Gasteiger partial charge in [-0.25, -0.2) is 4.98 Å². The van der Waals surface area contributed by atoms with Gasteiger partial charge in [0.25, 0.3) is 0 Å². The van der Waals surface area contributed by atoms with Gasteiger partial charge in [-0.3, -0.25) is 0 Å². The summed E-state index contributed by atoms with van der Waals surface area (Å²) in [7, 11) is 1.63. The maximum atomic E-state index is 6.06. The Morgan fingerprint density at radius 2 is 2.14 bits per heavy atom. The third-order valence-corrected chi connectivity index (χ3v) is 2.40. The molecule has 0 bridgehead atoms. The maximum Gasteiger partial charge on any atom is 0.140 e. The van der Waals surface area contributed by atoms with E-state index in [4.69, 9.17) is 16.3 Å². The molecule has 72 valence electrons. The first-order chi connectivity index (χ1) is 6.72. The molecule has 0 N–H and O–H groups in total. The van der Waals surface area contributed by atoms with Crippen LogP contribution in [0.3, 0.4) is 0 Å². The molecule has 1 aromatic carbocycles. The highest BCUT2D eigenvalue weighted by molar-refractivity contribution is 6.34. The Bertz CT molecular complexity index is 482. The third kappa shape index (κ3) is 1.42. The van der Waals surface area contributed by atoms with Gasteiger partial charge < -0.3 is 4.74 Å². The maximum absolute atomic E-state index is 6.06. The van der Waals surface area contributed by atoms with Crippen molar-refractivity contribution < 1.29 is 4.74 Å². The van der Waals surface area contributed by atoms with E-state index in [1.165, 1.54) is 0 Å². The van der Waals surface area contributed by atoms with Gasteiger partial charge >= 0.3 is 0 Å². The number of rotatable bonds is 1. The highest BCUT2D eigenvalue weighted by Gasteiger charge is 2.06. The van der Waals surface area contributed by atoms with Crippen LogP contribution < -0.4 is 4.74 Å². The molecule has 0 aliphatic heterocycles. The molecule has 0 unspecified atom stereocenters. The van der Waals surface area contributed by atoms with E-state index < -0.39 is 0 Å². The summed E-state index contributed by atoms with van der Waals surface area (Å²) in [5.74, 6) is 0.764. The van der Waals surface area contributed by atoms with Crippen molar-refractivity contribution in [3.05, 3.63) is 35.1 Å². The summed E-state index contributed by atoms with van der Waals surface area (Å²) in [6, 6.07) is 7.81. The number of halogens is 1. The Morgan fingerprint density at radius 3 is 2.86 bits per heavy atom. The van der Waals surface area contributed by atoms with Crippen molar-refractivity contribution >= 4 is 22.4 Å². The van der Waals surface area contributed by atoms with Gasteiger partial charge in [0.1, 0.15) is 10.9 Å². The first-order valence-electron chi connectivity index (χ1n) is 4.32. The molecule has 0 radical (unpaired) electrons. The van der Waals surface area contributed by atoms with Crippen LogP contribution >= 0.6 is 11.6 Å². The summed E-state index contributed by atoms with van der Waals surface area (Å²) in [5.41, 5.74) is 0.913. The van der Waals surface area contributed by atoms with Crippen LogP contribution in [0.5, 0.6) is 5.75 Å². The Labute approximate surface area is 87.5 Å². The van der Waals surface area contributed by atoms with Crippen LogP contribution in [0.4, 0.5) is 0 Å². The van der Waals surface area contributed by atoms with Gasteiger partial charge in [-0.1, -0.05) is 23.7 Å². The number of pyridine rings is 1. The molecule has 2 nitrogen and oxygen atoms in total. The second kappa shape index (κ2) is 3.46. The Hall–Kier alpha value is -1.28. The summed E-state index contributed by atoms with van der Waals surface area (Å²) in [5, 5.41) is 2.43. The second-order valence-electron chi connectivity index (χ2n) is 3.11. The number of aryl methyl sites for hydroxylation is 1. The van der Waals surface area contributed by atoms with E-state index in [2.05, 4.69) is 4.98 Å². The summed E-state index contributed by atoms with van der Waals surface area (Å²) in [4.78, 5) is 4.20. The molecule has 0 amide bonds. The molecule has 0 saturated carbocycles. The van der Waals surface area contributed by atoms with Crippen molar-refractivity contribution in [2.75, 3.05) is 7.11 Å². The minimum Gasteiger partial charge on any atom is -0.496 e. The SMILES string of the molecule is COc1cccc2cc(C)nc(Cl)c12. The standard InChI is InChI=1S/C11H10ClNO/c1-7-6-8-4-3-5-9(14-2)10(8)11(12)13-7/h3-6H,1-2H3. The highest BCUT2D eigenvalue weighted by Crippen LogP contribution is 2.30. The number of nitrogens with zero attached hydrogens (tertiary/aromatic N) is 1. The predicted molar refractivity (Wildman–Crippen MR) is 58.0 cm³/mol. The molecule has 0 aliphatic rings. The molecule has 3 heteroatoms. The normalized spacial score (nSPS) is 10.5. The minimum absolute atomic E-state index is 0.498. The van der Waals surface area contributed by atoms with Gasteiger partial charge in [-0.15, -0.1) is 0 Å². The molecular formula is C11H10ClNO. The fourth-order valence-electron chi connectivity index (χ4n) is 1.53. The predicted octanol–water partition coefficient (Wildman–Crippen LogP) is 3.21. The number of fused-ring (bicyclic) bond motifs is 1. The van der Waals surface area contributed by atoms with Crippen molar-refractivity contribution in [1.82, 2.24) is 4.98 Å². The van der Waals surface area contributed by atoms with Crippen LogP contribution in [-0.4, -0.2) is 12.1 Å². The van der Waals surface area contributed by atoms with E-state index in [9.17, 15) is 0 Å². The van der Waals surface area contributed by atoms with E-state index in [1.807, 2.05) is 31.2 Å². The van der Waals surface area contributed by atoms with Crippen molar-refractivity contribution in [3.63, 3.8) is 0 Å². The molecule has 0 fully saturated rings. The number of hydrogen-bond donors (Lipinski definition) is 0. The van der Waals surface area contributed by atoms with Crippen LogP contribution in [0.15, 0.2) is 24.3 Å². The lowest BCUT2D eigenvalue weighted by Gasteiger charge is -2.06. The van der Waals surface area contributed by atoms with E-state index in [0.717, 1.165) is 22.2 Å². The molecule has 1 heterocycles. The van der Waals surface area contributed by atoms with E-state index >= 15 is 0 Å². The van der Waals surface area contributed by atoms with Gasteiger partial charge in [-0.05, 0) is 24.4 Å². The van der Waals surface area contributed by atoms with Crippen LogP contribution in [-0.2, 0) is 0 Å². The Balaban J connectivity index is 2.87. The smallest absolute Gasteiger partial charge is 0.140 e. The lowest BCUT2D eigenvalue weighted by molar-refractivity contribution is 0.419. The monoisotopic (exact) mass is 207 g/mol. The number of hydrogen-bond acceptors (Lipinski definition) is 2. The van der Waals surface area contributed by atoms with E-state index in [1.54, 1.807) is 7.11 Å². The molecule has 0 spiro atoms. The van der Waals surface area contributed by atoms with Gasteiger partial charge in [-0.2, -0.15) is 0 Å². The zero-order valence-corrected chi connectivity index (χ0v) is 8.80. The summed E-state index contributed by atoms with van der Waals surface area (Å²) in [6.07, 6.45) is 0. The zero-order valence-electron chi connectivity index (χ0n) is 8.04. The quantitative estimate of drug-likeness (QED) is 0.670. The number of benzene rings is 1. The van der Waals surface area contributed by atoms with Crippen LogP contribution in [0.2, 0.25) is 5.15 Å². The summed E-state index contributed by atoms with van der Waals surface area (Å²) < 4.78 is 5.22. The lowest BCUT2D eigenvalue weighted by atomic mass is 10.1. The van der Waals surface area contributed by atoms with Crippen LogP contribution in [0.1, 0.15) is 5.69 Å². The van der Waals surface area contributed by atoms with Crippen molar-refractivity contribution in [1.29, 1.82) is 0 Å². The first-order valence-corrected chi connectivity index (χ1v) is 4.70. The first kappa shape index (κ1) is 9.28. The van der Waals surface area contributed by atoms with Crippen molar-refractivity contribution in [2.24, 2.45) is 0 Å². The average Bonchev–Trinajstić information content (AvgIpc) is 2.16. The molecule has 1 aromatic heterocycles. The highest BCUT2D eigenvalue weighted by atomic mass is 35.5. The Morgan fingerprint density at radius 1 is 1.36 bits per heavy atom. The van der Waals surface area contributed by atoms with Crippen LogP contribution in [0.25, 0.3) is 10.8 Å². The van der Waals surface area contributed by atoms with Crippen LogP contribution in [0, 0.1) is 6.92 Å². The third-order valence-electron chi connectivity index (χ3n) is 2.12. The molecule has 0 atom stereocenters. The topological polar surface area (TPSA) is 22.1 Å². The van der Waals surface area contributed by atoms with Gasteiger partial charge in [0, 0.05) is 5.69 Å². The zero-order chi connectivity index (χ0) is 10.1. The Kier molecular flexibility index (Phi) is 2.30. The summed E-state index contributed by atoms with van der Waals surface area (Å²) in [6.45, 7) is 1.92. The van der Waals surface area contributed by atoms with E-state index in [-0.39, 0.29) is 0 Å². The van der Waals surface area contributed by atoms with Gasteiger partial charge in [0.05, 0.1) is 12.5 Å². The number of aromatic nitrogens is 1. The largest absolute Gasteiger partial charge is 0.496 e. The fourth-order valence-corrected chi connectivity index (χ4v) is 1.86. The van der Waals surface area contributed by atoms with Crippen molar-refractivity contribution in [3.8, 4) is 5.75 Å². The molecule has 2 rings (SSSR count). The molecule has 14 heavy (non-hydrogen) atoms. The number of ether oxygens (including phenoxy) is 1. The number of methoxy groups -OCH3 is 1. The van der Waals surface area contributed by atoms with Gasteiger partial charge in [0.15, 0.2) is 0 Å². The molecule has 2 aromatic rings. The second-order valence-corrected chi connectivity index (χ2v) is 3.47. The molecule has 0 saturated heterocycles. The molecular weight excluding hydrogens is 198 g/mol. The minimum atomic E-state index is 0.498. The van der Waals surface area contributed by atoms with Crippen molar-refractivity contribution in [2.45, 2.75) is 6.92 Å². The average molecular weight is 208 g/mol. The molecule has 0 aliphatic carbocycles. The fraction of sp³-hybridized carbons (Fsp3) is 0.182. The lowest BCUT2D eigenvalue weighted by Crippen LogP contribution is -1.89. The summed E-state index contributed by atoms with van der Waals surface area (Å²) >= 11 is 6.06. The van der Waals surface area contributed by atoms with E-state index in [0.29, 0.717) is 5.15 Å². The van der Waals surface area contributed by atoms with Gasteiger partial charge in [0.2, 0.25) is 0 Å².